The van der Waals surface area contributed by atoms with Crippen LogP contribution in [0.15, 0.2) is 0 Å². The Kier molecular flexibility index (Phi) is 63.7. The number of carbonyl (C=O) groups is 4. The van der Waals surface area contributed by atoms with Crippen LogP contribution in [0.25, 0.3) is 0 Å². The van der Waals surface area contributed by atoms with Crippen molar-refractivity contribution in [2.75, 3.05) is 39.6 Å². The molecule has 3 unspecified atom stereocenters. The molecule has 19 heteroatoms. The first kappa shape index (κ1) is 90.1. The standard InChI is InChI=1S/C73H142O17P2/c1-7-10-12-14-15-16-17-18-19-20-23-26-29-32-38-44-50-56-71(76)84-62-69(90-72(77)57-51-45-39-33-30-27-24-21-22-25-28-31-36-42-47-53-65(4)5)64-88-92(81,82)86-60-67(74)59-85-91(79,80)87-63-68(61-83-70(75)55-49-41-13-11-8-2)89-73(78)58-52-46-40-35-34-37-43-48-54-66(6)9-3/h65-69,74H,7-64H2,1-6H3,(H,79,80)(H,81,82)/t66?,67-,68+,69+/m0/s1. The summed E-state index contributed by atoms with van der Waals surface area (Å²) >= 11 is 0. The molecule has 0 bridgehead atoms. The van der Waals surface area contributed by atoms with Crippen molar-refractivity contribution in [2.45, 2.75) is 394 Å². The van der Waals surface area contributed by atoms with E-state index in [2.05, 4.69) is 41.5 Å². The summed E-state index contributed by atoms with van der Waals surface area (Å²) in [4.78, 5) is 72.4. The van der Waals surface area contributed by atoms with Gasteiger partial charge in [-0.3, -0.25) is 37.3 Å². The second-order valence-electron chi connectivity index (χ2n) is 27.1. The van der Waals surface area contributed by atoms with Gasteiger partial charge in [-0.25, -0.2) is 9.13 Å². The Morgan fingerprint density at radius 3 is 0.826 bits per heavy atom. The Labute approximate surface area is 562 Å². The van der Waals surface area contributed by atoms with Crippen molar-refractivity contribution in [3.8, 4) is 0 Å². The van der Waals surface area contributed by atoms with E-state index in [0.29, 0.717) is 25.7 Å². The van der Waals surface area contributed by atoms with Gasteiger partial charge < -0.3 is 33.8 Å². The number of aliphatic hydroxyl groups excluding tert-OH is 1. The van der Waals surface area contributed by atoms with Gasteiger partial charge >= 0.3 is 39.5 Å². The zero-order valence-corrected chi connectivity index (χ0v) is 61.6. The van der Waals surface area contributed by atoms with Crippen LogP contribution in [-0.4, -0.2) is 96.7 Å². The number of aliphatic hydroxyl groups is 1. The van der Waals surface area contributed by atoms with Crippen LogP contribution in [0.3, 0.4) is 0 Å². The quantitative estimate of drug-likeness (QED) is 0.0222. The molecule has 0 amide bonds. The second-order valence-corrected chi connectivity index (χ2v) is 30.0. The van der Waals surface area contributed by atoms with E-state index in [4.69, 9.17) is 37.0 Å². The van der Waals surface area contributed by atoms with Gasteiger partial charge in [0.1, 0.15) is 19.3 Å². The van der Waals surface area contributed by atoms with Crippen molar-refractivity contribution < 1.29 is 80.2 Å². The lowest BCUT2D eigenvalue weighted by molar-refractivity contribution is -0.161. The largest absolute Gasteiger partial charge is 0.472 e. The Morgan fingerprint density at radius 2 is 0.554 bits per heavy atom. The molecule has 546 valence electrons. The predicted octanol–water partition coefficient (Wildman–Crippen LogP) is 21.2. The molecule has 0 rings (SSSR count). The van der Waals surface area contributed by atoms with E-state index < -0.39 is 97.5 Å². The van der Waals surface area contributed by atoms with E-state index in [-0.39, 0.29) is 25.7 Å². The van der Waals surface area contributed by atoms with Gasteiger partial charge in [0, 0.05) is 25.7 Å². The number of hydrogen-bond acceptors (Lipinski definition) is 15. The fourth-order valence-electron chi connectivity index (χ4n) is 11.1. The first-order chi connectivity index (χ1) is 44.4. The Bertz CT molecular complexity index is 1790. The number of ether oxygens (including phenoxy) is 4. The Hall–Kier alpha value is -1.94. The van der Waals surface area contributed by atoms with Gasteiger partial charge in [-0.2, -0.15) is 0 Å². The van der Waals surface area contributed by atoms with Crippen LogP contribution in [-0.2, 0) is 65.4 Å². The highest BCUT2D eigenvalue weighted by Gasteiger charge is 2.30. The minimum atomic E-state index is -4.95. The molecule has 6 atom stereocenters. The summed E-state index contributed by atoms with van der Waals surface area (Å²) < 4.78 is 68.2. The molecule has 0 saturated carbocycles. The van der Waals surface area contributed by atoms with Crippen LogP contribution in [0.2, 0.25) is 0 Å². The van der Waals surface area contributed by atoms with E-state index in [0.717, 1.165) is 108 Å². The van der Waals surface area contributed by atoms with E-state index in [1.165, 1.54) is 186 Å². The predicted molar refractivity (Wildman–Crippen MR) is 372 cm³/mol. The highest BCUT2D eigenvalue weighted by atomic mass is 31.2. The van der Waals surface area contributed by atoms with E-state index >= 15 is 0 Å². The normalized spacial score (nSPS) is 14.4. The van der Waals surface area contributed by atoms with Gasteiger partial charge in [0.15, 0.2) is 12.2 Å². The minimum Gasteiger partial charge on any atom is -0.462 e. The minimum absolute atomic E-state index is 0.104. The lowest BCUT2D eigenvalue weighted by Gasteiger charge is -2.21. The summed E-state index contributed by atoms with van der Waals surface area (Å²) in [5, 5.41) is 10.6. The van der Waals surface area contributed by atoms with Gasteiger partial charge in [-0.1, -0.05) is 324 Å². The topological polar surface area (TPSA) is 237 Å². The van der Waals surface area contributed by atoms with Crippen LogP contribution in [0.5, 0.6) is 0 Å². The van der Waals surface area contributed by atoms with Crippen LogP contribution in [0.4, 0.5) is 0 Å². The molecule has 0 aliphatic rings. The summed E-state index contributed by atoms with van der Waals surface area (Å²) in [6.07, 6.45) is 51.7. The van der Waals surface area contributed by atoms with Crippen LogP contribution in [0, 0.1) is 11.8 Å². The van der Waals surface area contributed by atoms with Crippen molar-refractivity contribution in [1.29, 1.82) is 0 Å². The van der Waals surface area contributed by atoms with Crippen LogP contribution < -0.4 is 0 Å². The molecular formula is C73H142O17P2. The zero-order chi connectivity index (χ0) is 67.9. The third-order valence-electron chi connectivity index (χ3n) is 17.3. The monoisotopic (exact) mass is 1350 g/mol. The Morgan fingerprint density at radius 1 is 0.315 bits per heavy atom. The van der Waals surface area contributed by atoms with Gasteiger partial charge in [-0.15, -0.1) is 0 Å². The maximum atomic E-state index is 13.1. The number of carbonyl (C=O) groups excluding carboxylic acids is 4. The molecule has 0 aliphatic carbocycles. The number of esters is 4. The summed E-state index contributed by atoms with van der Waals surface area (Å²) in [6.45, 7) is 9.51. The van der Waals surface area contributed by atoms with Gasteiger partial charge in [0.05, 0.1) is 26.4 Å². The summed E-state index contributed by atoms with van der Waals surface area (Å²) in [6, 6.07) is 0. The number of hydrogen-bond donors (Lipinski definition) is 3. The number of unbranched alkanes of at least 4 members (excludes halogenated alkanes) is 41. The first-order valence-corrected chi connectivity index (χ1v) is 41.0. The Balaban J connectivity index is 5.15. The number of phosphoric acid groups is 2. The molecular weight excluding hydrogens is 1210 g/mol. The lowest BCUT2D eigenvalue weighted by Crippen LogP contribution is -2.30. The molecule has 3 N–H and O–H groups in total. The fourth-order valence-corrected chi connectivity index (χ4v) is 12.7. The van der Waals surface area contributed by atoms with E-state index in [1.54, 1.807) is 0 Å². The number of phosphoric ester groups is 2. The molecule has 0 fully saturated rings. The third-order valence-corrected chi connectivity index (χ3v) is 19.2. The molecule has 92 heavy (non-hydrogen) atoms. The summed E-state index contributed by atoms with van der Waals surface area (Å²) in [5.74, 6) is -0.559. The van der Waals surface area contributed by atoms with Crippen molar-refractivity contribution in [1.82, 2.24) is 0 Å². The lowest BCUT2D eigenvalue weighted by atomic mass is 9.99. The molecule has 0 aliphatic heterocycles. The molecule has 0 aromatic carbocycles. The fraction of sp³-hybridized carbons (Fsp3) is 0.945. The average molecular weight is 1350 g/mol. The maximum absolute atomic E-state index is 13.1. The first-order valence-electron chi connectivity index (χ1n) is 38.0. The molecule has 0 aromatic rings. The van der Waals surface area contributed by atoms with E-state index in [1.807, 2.05) is 0 Å². The molecule has 17 nitrogen and oxygen atoms in total. The van der Waals surface area contributed by atoms with Gasteiger partial charge in [-0.05, 0) is 37.5 Å². The molecule has 0 heterocycles. The van der Waals surface area contributed by atoms with Crippen LogP contribution in [0.1, 0.15) is 375 Å². The van der Waals surface area contributed by atoms with Crippen molar-refractivity contribution >= 4 is 39.5 Å². The summed E-state index contributed by atoms with van der Waals surface area (Å²) in [7, 11) is -9.90. The van der Waals surface area contributed by atoms with Crippen molar-refractivity contribution in [2.24, 2.45) is 11.8 Å². The van der Waals surface area contributed by atoms with Gasteiger partial charge in [0.25, 0.3) is 0 Å². The second kappa shape index (κ2) is 65.0. The highest BCUT2D eigenvalue weighted by molar-refractivity contribution is 7.47. The molecule has 0 radical (unpaired) electrons. The maximum Gasteiger partial charge on any atom is 0.472 e. The highest BCUT2D eigenvalue weighted by Crippen LogP contribution is 2.45. The molecule has 0 aromatic heterocycles. The van der Waals surface area contributed by atoms with E-state index in [9.17, 15) is 43.2 Å². The van der Waals surface area contributed by atoms with Crippen molar-refractivity contribution in [3.05, 3.63) is 0 Å². The average Bonchev–Trinajstić information content (AvgIpc) is 2.61. The molecule has 0 spiro atoms. The zero-order valence-electron chi connectivity index (χ0n) is 59.9. The number of rotatable bonds is 72. The summed E-state index contributed by atoms with van der Waals surface area (Å²) in [5.41, 5.74) is 0. The SMILES string of the molecule is CCCCCCCCCCCCCCCCCCCC(=O)OC[C@H](COP(=O)(O)OC[C@@H](O)COP(=O)(O)OC[C@@H](COC(=O)CCCCCCC)OC(=O)CCCCCCCCCCC(C)CC)OC(=O)CCCCCCCCCCCCCCCCCC(C)C. The van der Waals surface area contributed by atoms with Gasteiger partial charge in [0.2, 0.25) is 0 Å². The van der Waals surface area contributed by atoms with Crippen LogP contribution >= 0.6 is 15.6 Å². The smallest absolute Gasteiger partial charge is 0.462 e. The molecule has 0 saturated heterocycles. The van der Waals surface area contributed by atoms with Crippen molar-refractivity contribution in [3.63, 3.8) is 0 Å². The third kappa shape index (κ3) is 65.4.